The molecule has 0 heterocycles. The van der Waals surface area contributed by atoms with Gasteiger partial charge in [-0.1, -0.05) is 6.92 Å². The highest BCUT2D eigenvalue weighted by atomic mass is 31.2. The number of rotatable bonds is 7. The topological polar surface area (TPSA) is 35.5 Å². The van der Waals surface area contributed by atoms with E-state index in [0.717, 1.165) is 13.0 Å². The first-order valence-corrected chi connectivity index (χ1v) is 6.67. The van der Waals surface area contributed by atoms with Gasteiger partial charge in [0.05, 0.1) is 13.2 Å². The molecule has 3 nitrogen and oxygen atoms in total. The Morgan fingerprint density at radius 3 is 2.42 bits per heavy atom. The molecular weight excluding hydrogens is 175 g/mol. The normalized spacial score (nSPS) is 15.9. The fourth-order valence-corrected chi connectivity index (χ4v) is 1.95. The minimum Gasteiger partial charge on any atom is -0.381 e. The van der Waals surface area contributed by atoms with Gasteiger partial charge in [-0.15, -0.1) is 0 Å². The van der Waals surface area contributed by atoms with E-state index in [4.69, 9.17) is 9.26 Å². The summed E-state index contributed by atoms with van der Waals surface area (Å²) in [6.45, 7) is 7.36. The monoisotopic (exact) mass is 194 g/mol. The maximum absolute atomic E-state index is 11.5. The van der Waals surface area contributed by atoms with E-state index in [2.05, 4.69) is 0 Å². The molecule has 4 heteroatoms. The molecule has 0 aromatic heterocycles. The van der Waals surface area contributed by atoms with E-state index >= 15 is 0 Å². The first kappa shape index (κ1) is 12.2. The summed E-state index contributed by atoms with van der Waals surface area (Å²) in [4.78, 5) is 0. The Balaban J connectivity index is 3.41. The molecule has 0 fully saturated rings. The zero-order chi connectivity index (χ0) is 9.45. The summed E-state index contributed by atoms with van der Waals surface area (Å²) in [5.74, 6) is 0. The minimum atomic E-state index is -2.36. The van der Waals surface area contributed by atoms with Gasteiger partial charge in [-0.25, -0.2) is 0 Å². The molecule has 0 saturated carbocycles. The minimum absolute atomic E-state index is 0.515. The van der Waals surface area contributed by atoms with E-state index in [1.807, 2.05) is 13.8 Å². The lowest BCUT2D eigenvalue weighted by atomic mass is 10.5. The average Bonchev–Trinajstić information content (AvgIpc) is 1.98. The molecule has 12 heavy (non-hydrogen) atoms. The van der Waals surface area contributed by atoms with Crippen LogP contribution in [0.25, 0.3) is 0 Å². The van der Waals surface area contributed by atoms with Gasteiger partial charge in [0.25, 0.3) is 0 Å². The molecule has 0 saturated heterocycles. The largest absolute Gasteiger partial charge is 0.381 e. The third-order valence-electron chi connectivity index (χ3n) is 1.39. The maximum Gasteiger partial charge on any atom is 0.202 e. The van der Waals surface area contributed by atoms with Crippen LogP contribution in [0.3, 0.4) is 0 Å². The van der Waals surface area contributed by atoms with E-state index < -0.39 is 7.37 Å². The molecule has 0 aromatic rings. The zero-order valence-electron chi connectivity index (χ0n) is 8.21. The summed E-state index contributed by atoms with van der Waals surface area (Å²) < 4.78 is 21.8. The Hall–Kier alpha value is 0.150. The van der Waals surface area contributed by atoms with Gasteiger partial charge in [-0.05, 0) is 13.3 Å². The van der Waals surface area contributed by atoms with E-state index in [9.17, 15) is 4.57 Å². The highest BCUT2D eigenvalue weighted by molar-refractivity contribution is 7.58. The summed E-state index contributed by atoms with van der Waals surface area (Å²) in [5, 5.41) is 0. The Morgan fingerprint density at radius 1 is 1.25 bits per heavy atom. The van der Waals surface area contributed by atoms with Crippen molar-refractivity contribution in [3.63, 3.8) is 0 Å². The van der Waals surface area contributed by atoms with Crippen LogP contribution in [0.1, 0.15) is 20.3 Å². The maximum atomic E-state index is 11.5. The molecule has 0 aliphatic rings. The number of hydrogen-bond donors (Lipinski definition) is 0. The van der Waals surface area contributed by atoms with Crippen LogP contribution in [-0.2, 0) is 13.8 Å². The van der Waals surface area contributed by atoms with E-state index in [0.29, 0.717) is 19.4 Å². The summed E-state index contributed by atoms with van der Waals surface area (Å²) in [5.41, 5.74) is 0. The molecule has 0 aromatic carbocycles. The summed E-state index contributed by atoms with van der Waals surface area (Å²) >= 11 is 0. The second kappa shape index (κ2) is 6.64. The van der Waals surface area contributed by atoms with Gasteiger partial charge in [0, 0.05) is 19.4 Å². The van der Waals surface area contributed by atoms with Crippen LogP contribution in [0.15, 0.2) is 0 Å². The molecular formula is C8H19O3P. The van der Waals surface area contributed by atoms with Crippen LogP contribution in [0.4, 0.5) is 0 Å². The van der Waals surface area contributed by atoms with Crippen molar-refractivity contribution < 1.29 is 13.8 Å². The standard InChI is InChI=1S/C8H19O3P/c1-4-6-10-7-8-12(3,9)11-5-2/h4-8H2,1-3H3. The van der Waals surface area contributed by atoms with Crippen LogP contribution in [0.5, 0.6) is 0 Å². The quantitative estimate of drug-likeness (QED) is 0.461. The molecule has 0 radical (unpaired) electrons. The predicted octanol–water partition coefficient (Wildman–Crippen LogP) is 2.36. The molecule has 0 aliphatic heterocycles. The van der Waals surface area contributed by atoms with E-state index in [-0.39, 0.29) is 0 Å². The van der Waals surface area contributed by atoms with Gasteiger partial charge in [0.15, 0.2) is 0 Å². The molecule has 0 bridgehead atoms. The first-order valence-electron chi connectivity index (χ1n) is 4.41. The molecule has 0 aliphatic carbocycles. The van der Waals surface area contributed by atoms with Gasteiger partial charge >= 0.3 is 0 Å². The highest BCUT2D eigenvalue weighted by Gasteiger charge is 2.13. The van der Waals surface area contributed by atoms with Crippen molar-refractivity contribution in [1.82, 2.24) is 0 Å². The molecule has 0 spiro atoms. The van der Waals surface area contributed by atoms with Gasteiger partial charge in [0.1, 0.15) is 0 Å². The lowest BCUT2D eigenvalue weighted by molar-refractivity contribution is 0.147. The van der Waals surface area contributed by atoms with Crippen molar-refractivity contribution in [2.45, 2.75) is 20.3 Å². The van der Waals surface area contributed by atoms with Gasteiger partial charge in [0.2, 0.25) is 7.37 Å². The Bertz CT molecular complexity index is 147. The Kier molecular flexibility index (Phi) is 6.73. The van der Waals surface area contributed by atoms with Crippen LogP contribution < -0.4 is 0 Å². The van der Waals surface area contributed by atoms with Crippen LogP contribution in [0.2, 0.25) is 0 Å². The van der Waals surface area contributed by atoms with Crippen molar-refractivity contribution >= 4 is 7.37 Å². The lowest BCUT2D eigenvalue weighted by Crippen LogP contribution is -2.03. The van der Waals surface area contributed by atoms with Crippen molar-refractivity contribution in [2.75, 3.05) is 32.6 Å². The van der Waals surface area contributed by atoms with E-state index in [1.165, 1.54) is 0 Å². The average molecular weight is 194 g/mol. The Labute approximate surface area is 74.9 Å². The number of hydrogen-bond acceptors (Lipinski definition) is 3. The molecule has 1 atom stereocenters. The molecule has 0 amide bonds. The summed E-state index contributed by atoms with van der Waals surface area (Å²) in [6, 6.07) is 0. The van der Waals surface area contributed by atoms with Gasteiger partial charge in [-0.3, -0.25) is 4.57 Å². The Morgan fingerprint density at radius 2 is 1.92 bits per heavy atom. The molecule has 1 unspecified atom stereocenters. The van der Waals surface area contributed by atoms with Crippen molar-refractivity contribution in [3.8, 4) is 0 Å². The molecule has 0 rings (SSSR count). The molecule has 74 valence electrons. The smallest absolute Gasteiger partial charge is 0.202 e. The summed E-state index contributed by atoms with van der Waals surface area (Å²) in [6.07, 6.45) is 1.53. The fraction of sp³-hybridized carbons (Fsp3) is 1.00. The summed E-state index contributed by atoms with van der Waals surface area (Å²) in [7, 11) is -2.36. The van der Waals surface area contributed by atoms with Gasteiger partial charge < -0.3 is 9.26 Å². The van der Waals surface area contributed by atoms with E-state index in [1.54, 1.807) is 6.66 Å². The predicted molar refractivity (Wildman–Crippen MR) is 51.1 cm³/mol. The van der Waals surface area contributed by atoms with Crippen molar-refractivity contribution in [3.05, 3.63) is 0 Å². The first-order chi connectivity index (χ1) is 5.62. The van der Waals surface area contributed by atoms with Crippen molar-refractivity contribution in [1.29, 1.82) is 0 Å². The van der Waals surface area contributed by atoms with Crippen LogP contribution in [0, 0.1) is 0 Å². The van der Waals surface area contributed by atoms with Crippen molar-refractivity contribution in [2.24, 2.45) is 0 Å². The van der Waals surface area contributed by atoms with Gasteiger partial charge in [-0.2, -0.15) is 0 Å². The second-order valence-corrected chi connectivity index (χ2v) is 5.50. The zero-order valence-corrected chi connectivity index (χ0v) is 9.10. The van der Waals surface area contributed by atoms with Crippen LogP contribution in [-0.4, -0.2) is 32.6 Å². The number of ether oxygens (including phenoxy) is 1. The molecule has 0 N–H and O–H groups in total. The SMILES string of the molecule is CCCOCCP(C)(=O)OCC. The second-order valence-electron chi connectivity index (χ2n) is 2.77. The lowest BCUT2D eigenvalue weighted by Gasteiger charge is -2.11. The highest BCUT2D eigenvalue weighted by Crippen LogP contribution is 2.41. The third kappa shape index (κ3) is 6.84. The van der Waals surface area contributed by atoms with Crippen LogP contribution >= 0.6 is 7.37 Å². The fourth-order valence-electron chi connectivity index (χ4n) is 0.814. The third-order valence-corrected chi connectivity index (χ3v) is 3.19.